The summed E-state index contributed by atoms with van der Waals surface area (Å²) in [6, 6.07) is 2.55. The van der Waals surface area contributed by atoms with E-state index in [4.69, 9.17) is 5.11 Å². The van der Waals surface area contributed by atoms with Gasteiger partial charge in [0.15, 0.2) is 11.6 Å². The van der Waals surface area contributed by atoms with Gasteiger partial charge in [0.1, 0.15) is 0 Å². The molecule has 0 radical (unpaired) electrons. The fourth-order valence-corrected chi connectivity index (χ4v) is 1.78. The third-order valence-corrected chi connectivity index (χ3v) is 3.27. The molecular weight excluding hydrogens is 301 g/mol. The van der Waals surface area contributed by atoms with Gasteiger partial charge in [-0.2, -0.15) is 8.78 Å². The van der Waals surface area contributed by atoms with Gasteiger partial charge in [-0.15, -0.1) is 0 Å². The Bertz CT molecular complexity index is 514. The number of nitrogens with one attached hydrogen (secondary N) is 2. The molecule has 1 aromatic rings. The van der Waals surface area contributed by atoms with E-state index in [1.54, 1.807) is 6.92 Å². The first kappa shape index (κ1) is 18.1. The quantitative estimate of drug-likeness (QED) is 0.723. The lowest BCUT2D eigenvalue weighted by Gasteiger charge is -2.29. The lowest BCUT2D eigenvalue weighted by molar-refractivity contribution is -0.0521. The highest BCUT2D eigenvalue weighted by Crippen LogP contribution is 2.23. The van der Waals surface area contributed by atoms with E-state index in [0.717, 1.165) is 12.1 Å². The number of hydrogen-bond donors (Lipinski definition) is 3. The van der Waals surface area contributed by atoms with Crippen molar-refractivity contribution >= 4 is 11.7 Å². The highest BCUT2D eigenvalue weighted by molar-refractivity contribution is 5.89. The lowest BCUT2D eigenvalue weighted by Crippen LogP contribution is -2.48. The van der Waals surface area contributed by atoms with Crippen molar-refractivity contribution in [3.63, 3.8) is 0 Å². The molecule has 1 rings (SSSR count). The van der Waals surface area contributed by atoms with E-state index in [0.29, 0.717) is 12.8 Å². The minimum Gasteiger partial charge on any atom is -0.432 e. The second-order valence-electron chi connectivity index (χ2n) is 4.99. The van der Waals surface area contributed by atoms with Crippen LogP contribution in [0.4, 0.5) is 23.7 Å². The van der Waals surface area contributed by atoms with Crippen molar-refractivity contribution in [1.82, 2.24) is 5.32 Å². The highest BCUT2D eigenvalue weighted by atomic mass is 19.3. The molecule has 1 unspecified atom stereocenters. The molecule has 0 fully saturated rings. The first-order valence-electron chi connectivity index (χ1n) is 6.74. The number of anilines is 1. The Morgan fingerprint density at radius 1 is 1.45 bits per heavy atom. The predicted molar refractivity (Wildman–Crippen MR) is 75.6 cm³/mol. The van der Waals surface area contributed by atoms with E-state index in [2.05, 4.69) is 15.4 Å². The molecule has 8 heteroatoms. The standard InChI is InChI=1S/C14H19F3N2O3/c1-3-14(2,6-7-20)19-13(21)18-9-4-5-11(10(15)8-9)22-12(16)17/h4-5,8,12,20H,3,6-7H2,1-2H3,(H2,18,19,21). The Hall–Kier alpha value is -1.96. The van der Waals surface area contributed by atoms with Crippen LogP contribution in [0.1, 0.15) is 26.7 Å². The second-order valence-corrected chi connectivity index (χ2v) is 4.99. The zero-order valence-electron chi connectivity index (χ0n) is 12.3. The van der Waals surface area contributed by atoms with Crippen molar-refractivity contribution in [2.24, 2.45) is 0 Å². The summed E-state index contributed by atoms with van der Waals surface area (Å²) in [6.07, 6.45) is 0.961. The third kappa shape index (κ3) is 5.44. The summed E-state index contributed by atoms with van der Waals surface area (Å²) in [5, 5.41) is 14.1. The number of aliphatic hydroxyl groups excluding tert-OH is 1. The normalized spacial score (nSPS) is 13.6. The van der Waals surface area contributed by atoms with Crippen LogP contribution in [0, 0.1) is 5.82 Å². The highest BCUT2D eigenvalue weighted by Gasteiger charge is 2.23. The molecule has 0 aliphatic heterocycles. The monoisotopic (exact) mass is 320 g/mol. The summed E-state index contributed by atoms with van der Waals surface area (Å²) >= 11 is 0. The lowest BCUT2D eigenvalue weighted by atomic mass is 9.95. The van der Waals surface area contributed by atoms with Crippen LogP contribution in [-0.4, -0.2) is 29.9 Å². The number of amides is 2. The van der Waals surface area contributed by atoms with Crippen LogP contribution in [0.15, 0.2) is 18.2 Å². The first-order chi connectivity index (χ1) is 10.3. The molecule has 0 saturated heterocycles. The number of carbonyl (C=O) groups excluding carboxylic acids is 1. The maximum absolute atomic E-state index is 13.5. The van der Waals surface area contributed by atoms with Crippen LogP contribution in [0.2, 0.25) is 0 Å². The predicted octanol–water partition coefficient (Wildman–Crippen LogP) is 3.10. The molecule has 124 valence electrons. The van der Waals surface area contributed by atoms with Crippen LogP contribution in [-0.2, 0) is 0 Å². The SMILES string of the molecule is CCC(C)(CCO)NC(=O)Nc1ccc(OC(F)F)c(F)c1. The van der Waals surface area contributed by atoms with E-state index in [1.807, 2.05) is 6.92 Å². The Labute approximate surface area is 126 Å². The third-order valence-electron chi connectivity index (χ3n) is 3.27. The van der Waals surface area contributed by atoms with Crippen molar-refractivity contribution in [3.05, 3.63) is 24.0 Å². The molecule has 22 heavy (non-hydrogen) atoms. The summed E-state index contributed by atoms with van der Waals surface area (Å²) in [6.45, 7) is 0.411. The number of aliphatic hydroxyl groups is 1. The largest absolute Gasteiger partial charge is 0.432 e. The van der Waals surface area contributed by atoms with Gasteiger partial charge in [0, 0.05) is 23.9 Å². The summed E-state index contributed by atoms with van der Waals surface area (Å²) < 4.78 is 41.5. The zero-order chi connectivity index (χ0) is 16.8. The van der Waals surface area contributed by atoms with Crippen molar-refractivity contribution in [2.45, 2.75) is 38.8 Å². The van der Waals surface area contributed by atoms with Crippen molar-refractivity contribution in [2.75, 3.05) is 11.9 Å². The van der Waals surface area contributed by atoms with E-state index >= 15 is 0 Å². The van der Waals surface area contributed by atoms with Crippen LogP contribution < -0.4 is 15.4 Å². The topological polar surface area (TPSA) is 70.6 Å². The minimum atomic E-state index is -3.12. The number of alkyl halides is 2. The van der Waals surface area contributed by atoms with Gasteiger partial charge in [-0.3, -0.25) is 0 Å². The number of urea groups is 1. The molecule has 0 spiro atoms. The van der Waals surface area contributed by atoms with Crippen LogP contribution in [0.5, 0.6) is 5.75 Å². The number of hydrogen-bond acceptors (Lipinski definition) is 3. The average Bonchev–Trinajstić information content (AvgIpc) is 2.41. The molecule has 0 saturated carbocycles. The van der Waals surface area contributed by atoms with E-state index in [9.17, 15) is 18.0 Å². The number of rotatable bonds is 7. The van der Waals surface area contributed by atoms with Crippen molar-refractivity contribution in [3.8, 4) is 5.75 Å². The van der Waals surface area contributed by atoms with Crippen LogP contribution in [0.3, 0.4) is 0 Å². The van der Waals surface area contributed by atoms with Gasteiger partial charge in [0.2, 0.25) is 0 Å². The number of ether oxygens (including phenoxy) is 1. The summed E-state index contributed by atoms with van der Waals surface area (Å²) in [7, 11) is 0. The molecule has 5 nitrogen and oxygen atoms in total. The second kappa shape index (κ2) is 7.88. The Morgan fingerprint density at radius 3 is 2.64 bits per heavy atom. The van der Waals surface area contributed by atoms with Crippen molar-refractivity contribution in [1.29, 1.82) is 0 Å². The molecule has 0 aromatic heterocycles. The van der Waals surface area contributed by atoms with Gasteiger partial charge < -0.3 is 20.5 Å². The van der Waals surface area contributed by atoms with E-state index < -0.39 is 29.7 Å². The van der Waals surface area contributed by atoms with Gasteiger partial charge in [-0.25, -0.2) is 9.18 Å². The molecule has 2 amide bonds. The van der Waals surface area contributed by atoms with Gasteiger partial charge in [-0.1, -0.05) is 6.92 Å². The molecule has 0 heterocycles. The van der Waals surface area contributed by atoms with Crippen molar-refractivity contribution < 1.29 is 27.8 Å². The molecule has 0 aliphatic carbocycles. The summed E-state index contributed by atoms with van der Waals surface area (Å²) in [4.78, 5) is 11.9. The maximum atomic E-state index is 13.5. The van der Waals surface area contributed by atoms with Gasteiger partial charge in [0.05, 0.1) is 0 Å². The molecule has 1 aromatic carbocycles. The van der Waals surface area contributed by atoms with Gasteiger partial charge in [-0.05, 0) is 31.9 Å². The maximum Gasteiger partial charge on any atom is 0.387 e. The fourth-order valence-electron chi connectivity index (χ4n) is 1.78. The Morgan fingerprint density at radius 2 is 2.14 bits per heavy atom. The Kier molecular flexibility index (Phi) is 6.48. The smallest absolute Gasteiger partial charge is 0.387 e. The Balaban J connectivity index is 2.70. The number of benzene rings is 1. The zero-order valence-corrected chi connectivity index (χ0v) is 12.3. The van der Waals surface area contributed by atoms with Crippen LogP contribution in [0.25, 0.3) is 0 Å². The number of carbonyl (C=O) groups is 1. The first-order valence-corrected chi connectivity index (χ1v) is 6.74. The van der Waals surface area contributed by atoms with Crippen LogP contribution >= 0.6 is 0 Å². The fraction of sp³-hybridized carbons (Fsp3) is 0.500. The molecular formula is C14H19F3N2O3. The minimum absolute atomic E-state index is 0.0844. The number of halogens is 3. The molecule has 0 aliphatic rings. The molecule has 3 N–H and O–H groups in total. The average molecular weight is 320 g/mol. The molecule has 0 bridgehead atoms. The van der Waals surface area contributed by atoms with Gasteiger partial charge in [0.25, 0.3) is 0 Å². The van der Waals surface area contributed by atoms with Gasteiger partial charge >= 0.3 is 12.6 Å². The summed E-state index contributed by atoms with van der Waals surface area (Å²) in [5.41, 5.74) is -0.505. The van der Waals surface area contributed by atoms with E-state index in [1.165, 1.54) is 6.07 Å². The molecule has 1 atom stereocenters. The van der Waals surface area contributed by atoms with E-state index in [-0.39, 0.29) is 12.3 Å². The summed E-state index contributed by atoms with van der Waals surface area (Å²) in [5.74, 6) is -1.61.